The van der Waals surface area contributed by atoms with Gasteiger partial charge in [-0.05, 0) is 31.9 Å². The third-order valence-electron chi connectivity index (χ3n) is 3.73. The van der Waals surface area contributed by atoms with Gasteiger partial charge in [0.15, 0.2) is 15.0 Å². The number of benzene rings is 1. The van der Waals surface area contributed by atoms with Crippen molar-refractivity contribution in [3.05, 3.63) is 28.8 Å². The predicted octanol–water partition coefficient (Wildman–Crippen LogP) is 2.29. The number of nitrogens with zero attached hydrogens (tertiary/aromatic N) is 1. The van der Waals surface area contributed by atoms with Gasteiger partial charge >= 0.3 is 0 Å². The Balaban J connectivity index is 1.81. The van der Waals surface area contributed by atoms with Crippen molar-refractivity contribution in [3.63, 3.8) is 0 Å². The SMILES string of the molecule is Cc1cc(C)c(NC2=NC3CS(=O)(=O)CC3S2)c(C)c1. The average molecular weight is 310 g/mol. The third-order valence-corrected chi connectivity index (χ3v) is 6.87. The summed E-state index contributed by atoms with van der Waals surface area (Å²) in [7, 11) is -2.88. The highest BCUT2D eigenvalue weighted by molar-refractivity contribution is 8.15. The van der Waals surface area contributed by atoms with Crippen LogP contribution in [0, 0.1) is 20.8 Å². The van der Waals surface area contributed by atoms with E-state index in [2.05, 4.69) is 43.2 Å². The highest BCUT2D eigenvalue weighted by Gasteiger charge is 2.42. The van der Waals surface area contributed by atoms with Gasteiger partial charge in [-0.25, -0.2) is 8.42 Å². The van der Waals surface area contributed by atoms with E-state index in [0.29, 0.717) is 0 Å². The topological polar surface area (TPSA) is 58.5 Å². The molecule has 1 aromatic rings. The second-order valence-corrected chi connectivity index (χ2v) is 9.02. The van der Waals surface area contributed by atoms with Crippen LogP contribution >= 0.6 is 11.8 Å². The summed E-state index contributed by atoms with van der Waals surface area (Å²) in [6, 6.07) is 4.21. The molecule has 2 atom stereocenters. The molecule has 4 nitrogen and oxygen atoms in total. The summed E-state index contributed by atoms with van der Waals surface area (Å²) in [5, 5.41) is 4.32. The van der Waals surface area contributed by atoms with Crippen molar-refractivity contribution in [1.29, 1.82) is 0 Å². The van der Waals surface area contributed by atoms with Crippen LogP contribution in [0.15, 0.2) is 17.1 Å². The number of nitrogens with one attached hydrogen (secondary N) is 1. The molecule has 2 unspecified atom stereocenters. The number of amidine groups is 1. The lowest BCUT2D eigenvalue weighted by Gasteiger charge is -2.13. The summed E-state index contributed by atoms with van der Waals surface area (Å²) in [6.07, 6.45) is 0. The van der Waals surface area contributed by atoms with Gasteiger partial charge in [0.1, 0.15) is 0 Å². The monoisotopic (exact) mass is 310 g/mol. The van der Waals surface area contributed by atoms with E-state index in [4.69, 9.17) is 0 Å². The molecule has 0 aromatic heterocycles. The standard InChI is InChI=1S/C14H18N2O2S2/c1-8-4-9(2)13(10(3)5-8)16-14-15-11-6-20(17,18)7-12(11)19-14/h4-5,11-12H,6-7H2,1-3H3,(H,15,16). The smallest absolute Gasteiger partial charge is 0.161 e. The number of rotatable bonds is 1. The Kier molecular flexibility index (Phi) is 3.33. The molecule has 6 heteroatoms. The fraction of sp³-hybridized carbons (Fsp3) is 0.500. The number of hydrogen-bond donors (Lipinski definition) is 1. The Morgan fingerprint density at radius 2 is 1.85 bits per heavy atom. The van der Waals surface area contributed by atoms with Crippen LogP contribution < -0.4 is 5.32 Å². The van der Waals surface area contributed by atoms with Crippen LogP contribution in [0.4, 0.5) is 5.69 Å². The Labute approximate surface area is 124 Å². The molecule has 0 amide bonds. The molecular formula is C14H18N2O2S2. The quantitative estimate of drug-likeness (QED) is 0.864. The fourth-order valence-electron chi connectivity index (χ4n) is 2.90. The van der Waals surface area contributed by atoms with Crippen molar-refractivity contribution < 1.29 is 8.42 Å². The lowest BCUT2D eigenvalue weighted by atomic mass is 10.1. The van der Waals surface area contributed by atoms with Crippen molar-refractivity contribution >= 4 is 32.5 Å². The van der Waals surface area contributed by atoms with Crippen molar-refractivity contribution in [3.8, 4) is 0 Å². The molecule has 0 spiro atoms. The van der Waals surface area contributed by atoms with Gasteiger partial charge in [0.05, 0.1) is 17.5 Å². The van der Waals surface area contributed by atoms with Gasteiger partial charge in [0.2, 0.25) is 0 Å². The molecular weight excluding hydrogens is 292 g/mol. The maximum Gasteiger partial charge on any atom is 0.161 e. The number of hydrogen-bond acceptors (Lipinski definition) is 5. The Morgan fingerprint density at radius 1 is 1.20 bits per heavy atom. The molecule has 108 valence electrons. The highest BCUT2D eigenvalue weighted by atomic mass is 32.2. The van der Waals surface area contributed by atoms with Crippen LogP contribution in [0.1, 0.15) is 16.7 Å². The van der Waals surface area contributed by atoms with E-state index in [-0.39, 0.29) is 22.8 Å². The summed E-state index contributed by atoms with van der Waals surface area (Å²) in [5.41, 5.74) is 4.71. The maximum atomic E-state index is 11.6. The van der Waals surface area contributed by atoms with Gasteiger partial charge < -0.3 is 5.32 Å². The zero-order chi connectivity index (χ0) is 14.5. The third kappa shape index (κ3) is 2.59. The van der Waals surface area contributed by atoms with E-state index in [1.807, 2.05) is 0 Å². The van der Waals surface area contributed by atoms with E-state index in [9.17, 15) is 8.42 Å². The number of anilines is 1. The Morgan fingerprint density at radius 3 is 2.45 bits per heavy atom. The lowest BCUT2D eigenvalue weighted by molar-refractivity contribution is 0.601. The minimum absolute atomic E-state index is 0.0708. The van der Waals surface area contributed by atoms with E-state index < -0.39 is 9.84 Å². The normalized spacial score (nSPS) is 27.2. The number of fused-ring (bicyclic) bond motifs is 1. The summed E-state index contributed by atoms with van der Waals surface area (Å²) in [6.45, 7) is 6.24. The Hall–Kier alpha value is -1.01. The lowest BCUT2D eigenvalue weighted by Crippen LogP contribution is -2.13. The van der Waals surface area contributed by atoms with Crippen LogP contribution in [0.5, 0.6) is 0 Å². The van der Waals surface area contributed by atoms with Gasteiger partial charge in [-0.1, -0.05) is 29.5 Å². The van der Waals surface area contributed by atoms with Crippen molar-refractivity contribution in [2.45, 2.75) is 32.1 Å². The molecule has 0 bridgehead atoms. The minimum atomic E-state index is -2.88. The average Bonchev–Trinajstić information content (AvgIpc) is 2.76. The summed E-state index contributed by atoms with van der Waals surface area (Å²) in [4.78, 5) is 4.53. The molecule has 1 saturated heterocycles. The van der Waals surface area contributed by atoms with Crippen LogP contribution in [-0.4, -0.2) is 36.4 Å². The Bertz CT molecular complexity index is 672. The van der Waals surface area contributed by atoms with Crippen LogP contribution in [0.25, 0.3) is 0 Å². The second-order valence-electron chi connectivity index (χ2n) is 5.63. The minimum Gasteiger partial charge on any atom is -0.335 e. The molecule has 0 saturated carbocycles. The molecule has 1 N–H and O–H groups in total. The fourth-order valence-corrected chi connectivity index (χ4v) is 6.56. The zero-order valence-electron chi connectivity index (χ0n) is 11.8. The second kappa shape index (κ2) is 4.77. The van der Waals surface area contributed by atoms with Crippen LogP contribution in [-0.2, 0) is 9.84 Å². The first kappa shape index (κ1) is 13.9. The molecule has 1 fully saturated rings. The number of aliphatic imine (C=N–C) groups is 1. The number of sulfone groups is 1. The first-order valence-corrected chi connectivity index (χ1v) is 9.34. The highest BCUT2D eigenvalue weighted by Crippen LogP contribution is 2.35. The number of aryl methyl sites for hydroxylation is 3. The zero-order valence-corrected chi connectivity index (χ0v) is 13.4. The maximum absolute atomic E-state index is 11.6. The molecule has 20 heavy (non-hydrogen) atoms. The van der Waals surface area contributed by atoms with Crippen molar-refractivity contribution in [2.24, 2.45) is 4.99 Å². The van der Waals surface area contributed by atoms with Gasteiger partial charge in [0.25, 0.3) is 0 Å². The molecule has 1 aromatic carbocycles. The van der Waals surface area contributed by atoms with Crippen LogP contribution in [0.3, 0.4) is 0 Å². The molecule has 2 heterocycles. The predicted molar refractivity (Wildman–Crippen MR) is 85.5 cm³/mol. The first-order chi connectivity index (χ1) is 9.34. The summed E-state index contributed by atoms with van der Waals surface area (Å²) in [5.74, 6) is 0.449. The van der Waals surface area contributed by atoms with E-state index in [1.165, 1.54) is 16.7 Å². The van der Waals surface area contributed by atoms with Crippen molar-refractivity contribution in [1.82, 2.24) is 0 Å². The van der Waals surface area contributed by atoms with E-state index in [0.717, 1.165) is 10.9 Å². The van der Waals surface area contributed by atoms with E-state index in [1.54, 1.807) is 11.8 Å². The largest absolute Gasteiger partial charge is 0.335 e. The molecule has 2 aliphatic rings. The van der Waals surface area contributed by atoms with E-state index >= 15 is 0 Å². The van der Waals surface area contributed by atoms with Gasteiger partial charge in [-0.2, -0.15) is 0 Å². The summed E-state index contributed by atoms with van der Waals surface area (Å²) < 4.78 is 23.1. The molecule has 0 aliphatic carbocycles. The van der Waals surface area contributed by atoms with Gasteiger partial charge in [-0.15, -0.1) is 0 Å². The molecule has 2 aliphatic heterocycles. The van der Waals surface area contributed by atoms with Gasteiger partial charge in [-0.3, -0.25) is 4.99 Å². The first-order valence-electron chi connectivity index (χ1n) is 6.64. The van der Waals surface area contributed by atoms with Crippen LogP contribution in [0.2, 0.25) is 0 Å². The number of thioether (sulfide) groups is 1. The molecule has 0 radical (unpaired) electrons. The summed E-state index contributed by atoms with van der Waals surface area (Å²) >= 11 is 1.56. The van der Waals surface area contributed by atoms with Gasteiger partial charge in [0, 0.05) is 10.9 Å². The van der Waals surface area contributed by atoms with Crippen molar-refractivity contribution in [2.75, 3.05) is 16.8 Å². The molecule has 3 rings (SSSR count).